The summed E-state index contributed by atoms with van der Waals surface area (Å²) < 4.78 is 6.86. The molecule has 0 amide bonds. The summed E-state index contributed by atoms with van der Waals surface area (Å²) in [5.74, 6) is 0.597. The smallest absolute Gasteiger partial charge is 0.230 e. The van der Waals surface area contributed by atoms with Gasteiger partial charge in [0.1, 0.15) is 0 Å². The van der Waals surface area contributed by atoms with Crippen LogP contribution in [0.25, 0.3) is 5.65 Å². The molecular formula is C8H9N3O. The first-order valence-electron chi connectivity index (χ1n) is 3.65. The molecule has 0 radical (unpaired) electrons. The Morgan fingerprint density at radius 3 is 3.00 bits per heavy atom. The second-order valence-electron chi connectivity index (χ2n) is 2.58. The van der Waals surface area contributed by atoms with E-state index in [1.165, 1.54) is 0 Å². The highest BCUT2D eigenvalue weighted by molar-refractivity contribution is 5.38. The highest BCUT2D eigenvalue weighted by Crippen LogP contribution is 2.08. The quantitative estimate of drug-likeness (QED) is 0.630. The fraction of sp³-hybridized carbons (Fsp3) is 0.250. The second-order valence-corrected chi connectivity index (χ2v) is 2.58. The van der Waals surface area contributed by atoms with E-state index in [-0.39, 0.29) is 0 Å². The number of ether oxygens (including phenoxy) is 1. The van der Waals surface area contributed by atoms with Gasteiger partial charge in [-0.15, -0.1) is 0 Å². The van der Waals surface area contributed by atoms with Crippen LogP contribution in [0.2, 0.25) is 0 Å². The average molecular weight is 163 g/mol. The molecule has 4 heteroatoms. The van der Waals surface area contributed by atoms with Crippen LogP contribution in [0.3, 0.4) is 0 Å². The molecule has 0 fully saturated rings. The molecule has 0 aliphatic rings. The molecule has 0 bridgehead atoms. The normalized spacial score (nSPS) is 10.5. The van der Waals surface area contributed by atoms with Crippen molar-refractivity contribution in [2.45, 2.75) is 6.92 Å². The van der Waals surface area contributed by atoms with Crippen molar-refractivity contribution in [3.63, 3.8) is 0 Å². The Morgan fingerprint density at radius 1 is 1.42 bits per heavy atom. The number of rotatable bonds is 1. The van der Waals surface area contributed by atoms with Crippen LogP contribution in [-0.2, 0) is 0 Å². The third-order valence-corrected chi connectivity index (χ3v) is 1.65. The lowest BCUT2D eigenvalue weighted by Gasteiger charge is -1.97. The van der Waals surface area contributed by atoms with Crippen molar-refractivity contribution >= 4 is 5.65 Å². The Balaban J connectivity index is 2.66. The number of nitrogens with zero attached hydrogens (tertiary/aromatic N) is 3. The SMILES string of the molecule is COc1cn2cc(C)nc2cn1. The van der Waals surface area contributed by atoms with Gasteiger partial charge < -0.3 is 9.14 Å². The van der Waals surface area contributed by atoms with E-state index in [1.807, 2.05) is 17.5 Å². The Labute approximate surface area is 69.8 Å². The van der Waals surface area contributed by atoms with E-state index < -0.39 is 0 Å². The summed E-state index contributed by atoms with van der Waals surface area (Å²) in [6.45, 7) is 1.94. The number of imidazole rings is 1. The lowest BCUT2D eigenvalue weighted by atomic mass is 10.6. The van der Waals surface area contributed by atoms with Gasteiger partial charge in [-0.25, -0.2) is 9.97 Å². The van der Waals surface area contributed by atoms with E-state index in [0.29, 0.717) is 5.88 Å². The summed E-state index contributed by atoms with van der Waals surface area (Å²) in [4.78, 5) is 8.27. The van der Waals surface area contributed by atoms with Gasteiger partial charge in [0.25, 0.3) is 0 Å². The molecule has 2 aromatic heterocycles. The molecule has 2 aromatic rings. The molecule has 0 unspecified atom stereocenters. The summed E-state index contributed by atoms with van der Waals surface area (Å²) in [5, 5.41) is 0. The van der Waals surface area contributed by atoms with Crippen molar-refractivity contribution in [1.29, 1.82) is 0 Å². The Morgan fingerprint density at radius 2 is 2.25 bits per heavy atom. The molecular weight excluding hydrogens is 154 g/mol. The zero-order valence-electron chi connectivity index (χ0n) is 6.98. The van der Waals surface area contributed by atoms with E-state index in [9.17, 15) is 0 Å². The van der Waals surface area contributed by atoms with Gasteiger partial charge in [0.15, 0.2) is 5.65 Å². The van der Waals surface area contributed by atoms with Crippen molar-refractivity contribution in [2.24, 2.45) is 0 Å². The summed E-state index contributed by atoms with van der Waals surface area (Å²) in [6.07, 6.45) is 5.42. The van der Waals surface area contributed by atoms with Crippen molar-refractivity contribution in [3.05, 3.63) is 24.3 Å². The minimum Gasteiger partial charge on any atom is -0.480 e. The fourth-order valence-electron chi connectivity index (χ4n) is 1.11. The first-order chi connectivity index (χ1) is 5.79. The highest BCUT2D eigenvalue weighted by atomic mass is 16.5. The maximum atomic E-state index is 4.97. The monoisotopic (exact) mass is 163 g/mol. The summed E-state index contributed by atoms with van der Waals surface area (Å²) in [5.41, 5.74) is 1.82. The first kappa shape index (κ1) is 7.09. The molecule has 2 heterocycles. The second kappa shape index (κ2) is 2.48. The topological polar surface area (TPSA) is 39.4 Å². The molecule has 0 aliphatic heterocycles. The summed E-state index contributed by atoms with van der Waals surface area (Å²) >= 11 is 0. The predicted octanol–water partition coefficient (Wildman–Crippen LogP) is 1.05. The molecule has 0 atom stereocenters. The Hall–Kier alpha value is -1.58. The summed E-state index contributed by atoms with van der Waals surface area (Å²) in [6, 6.07) is 0. The molecule has 2 rings (SSSR count). The van der Waals surface area contributed by atoms with Gasteiger partial charge in [-0.3, -0.25) is 0 Å². The lowest BCUT2D eigenvalue weighted by Crippen LogP contribution is -1.90. The van der Waals surface area contributed by atoms with Crippen LogP contribution in [-0.4, -0.2) is 21.5 Å². The minimum atomic E-state index is 0.597. The Kier molecular flexibility index (Phi) is 1.46. The van der Waals surface area contributed by atoms with Crippen LogP contribution in [0.15, 0.2) is 18.6 Å². The van der Waals surface area contributed by atoms with Crippen LogP contribution >= 0.6 is 0 Å². The molecule has 0 saturated heterocycles. The maximum absolute atomic E-state index is 4.97. The molecule has 4 nitrogen and oxygen atoms in total. The number of methoxy groups -OCH3 is 1. The van der Waals surface area contributed by atoms with E-state index in [1.54, 1.807) is 19.5 Å². The van der Waals surface area contributed by atoms with Gasteiger partial charge in [-0.2, -0.15) is 0 Å². The lowest BCUT2D eigenvalue weighted by molar-refractivity contribution is 0.395. The number of aryl methyl sites for hydroxylation is 1. The van der Waals surface area contributed by atoms with Gasteiger partial charge in [0.05, 0.1) is 25.2 Å². The van der Waals surface area contributed by atoms with Gasteiger partial charge >= 0.3 is 0 Å². The molecule has 0 aromatic carbocycles. The molecule has 0 spiro atoms. The zero-order chi connectivity index (χ0) is 8.55. The van der Waals surface area contributed by atoms with Gasteiger partial charge in [0.2, 0.25) is 5.88 Å². The fourth-order valence-corrected chi connectivity index (χ4v) is 1.11. The largest absolute Gasteiger partial charge is 0.480 e. The van der Waals surface area contributed by atoms with Crippen molar-refractivity contribution in [1.82, 2.24) is 14.4 Å². The molecule has 12 heavy (non-hydrogen) atoms. The standard InChI is InChI=1S/C8H9N3O/c1-6-4-11-5-8(12-2)9-3-7(11)10-6/h3-5H,1-2H3. The third-order valence-electron chi connectivity index (χ3n) is 1.65. The summed E-state index contributed by atoms with van der Waals surface area (Å²) in [7, 11) is 1.60. The number of aromatic nitrogens is 3. The van der Waals surface area contributed by atoms with Crippen LogP contribution in [0, 0.1) is 6.92 Å². The Bertz CT molecular complexity index is 408. The zero-order valence-corrected chi connectivity index (χ0v) is 6.98. The average Bonchev–Trinajstić information content (AvgIpc) is 2.43. The van der Waals surface area contributed by atoms with Crippen molar-refractivity contribution < 1.29 is 4.74 Å². The number of hydrogen-bond acceptors (Lipinski definition) is 3. The van der Waals surface area contributed by atoms with Crippen molar-refractivity contribution in [3.8, 4) is 5.88 Å². The first-order valence-corrected chi connectivity index (χ1v) is 3.65. The van der Waals surface area contributed by atoms with E-state index in [4.69, 9.17) is 4.74 Å². The molecule has 0 N–H and O–H groups in total. The van der Waals surface area contributed by atoms with Crippen LogP contribution in [0.4, 0.5) is 0 Å². The van der Waals surface area contributed by atoms with Gasteiger partial charge in [-0.05, 0) is 6.92 Å². The molecule has 0 saturated carbocycles. The highest BCUT2D eigenvalue weighted by Gasteiger charge is 1.98. The molecule has 0 aliphatic carbocycles. The van der Waals surface area contributed by atoms with Crippen LogP contribution in [0.5, 0.6) is 5.88 Å². The van der Waals surface area contributed by atoms with Crippen molar-refractivity contribution in [2.75, 3.05) is 7.11 Å². The van der Waals surface area contributed by atoms with E-state index in [2.05, 4.69) is 9.97 Å². The third kappa shape index (κ3) is 1.01. The maximum Gasteiger partial charge on any atom is 0.230 e. The minimum absolute atomic E-state index is 0.597. The van der Waals surface area contributed by atoms with Gasteiger partial charge in [0, 0.05) is 6.20 Å². The number of fused-ring (bicyclic) bond motifs is 1. The molecule has 62 valence electrons. The van der Waals surface area contributed by atoms with E-state index in [0.717, 1.165) is 11.3 Å². The van der Waals surface area contributed by atoms with E-state index >= 15 is 0 Å². The van der Waals surface area contributed by atoms with Gasteiger partial charge in [-0.1, -0.05) is 0 Å². The van der Waals surface area contributed by atoms with Crippen LogP contribution < -0.4 is 4.74 Å². The number of hydrogen-bond donors (Lipinski definition) is 0. The van der Waals surface area contributed by atoms with Crippen LogP contribution in [0.1, 0.15) is 5.69 Å². The predicted molar refractivity (Wildman–Crippen MR) is 44.3 cm³/mol.